The summed E-state index contributed by atoms with van der Waals surface area (Å²) in [5.41, 5.74) is 8.43. The van der Waals surface area contributed by atoms with Crippen LogP contribution in [0.4, 0.5) is 0 Å². The smallest absolute Gasteiger partial charge is 0.249 e. The van der Waals surface area contributed by atoms with Crippen LogP contribution in [0.5, 0.6) is 0 Å². The van der Waals surface area contributed by atoms with Crippen molar-refractivity contribution in [1.29, 1.82) is 0 Å². The van der Waals surface area contributed by atoms with Crippen molar-refractivity contribution in [3.8, 4) is 0 Å². The van der Waals surface area contributed by atoms with Crippen molar-refractivity contribution in [3.05, 3.63) is 95.6 Å². The molecule has 0 aliphatic carbocycles. The summed E-state index contributed by atoms with van der Waals surface area (Å²) < 4.78 is 0. The van der Waals surface area contributed by atoms with Crippen molar-refractivity contribution in [3.63, 3.8) is 0 Å². The van der Waals surface area contributed by atoms with Crippen LogP contribution in [-0.2, 0) is 27.2 Å². The first-order chi connectivity index (χ1) is 22.4. The molecule has 0 bridgehead atoms. The zero-order valence-corrected chi connectivity index (χ0v) is 29.1. The Labute approximate surface area is 281 Å². The summed E-state index contributed by atoms with van der Waals surface area (Å²) in [5.74, 6) is -0.145. The maximum Gasteiger partial charge on any atom is 0.249 e. The Morgan fingerprint density at radius 3 is 2.21 bits per heavy atom. The third-order valence-electron chi connectivity index (χ3n) is 9.28. The Balaban J connectivity index is 1.68. The van der Waals surface area contributed by atoms with Gasteiger partial charge in [-0.1, -0.05) is 78.9 Å². The molecule has 4 atom stereocenters. The summed E-state index contributed by atoms with van der Waals surface area (Å²) >= 11 is 0. The molecule has 0 radical (unpaired) electrons. The molecular weight excluding hydrogens is 586 g/mol. The molecule has 4 rings (SSSR count). The lowest BCUT2D eigenvalue weighted by atomic mass is 9.95. The number of hydrogen-bond donors (Lipinski definition) is 1. The van der Waals surface area contributed by atoms with Gasteiger partial charge in [0.2, 0.25) is 17.7 Å². The highest BCUT2D eigenvalue weighted by Crippen LogP contribution is 2.23. The van der Waals surface area contributed by atoms with Crippen LogP contribution in [-0.4, -0.2) is 103 Å². The molecule has 8 heteroatoms. The average molecular weight is 640 g/mol. The summed E-state index contributed by atoms with van der Waals surface area (Å²) in [4.78, 5) is 50.1. The molecule has 1 aliphatic heterocycles. The van der Waals surface area contributed by atoms with Gasteiger partial charge in [0, 0.05) is 58.2 Å². The molecule has 1 fully saturated rings. The highest BCUT2D eigenvalue weighted by Gasteiger charge is 2.38. The second kappa shape index (κ2) is 16.7. The van der Waals surface area contributed by atoms with Crippen LogP contribution in [0.15, 0.2) is 84.4 Å². The molecular formula is C39H53N5O3. The lowest BCUT2D eigenvalue weighted by molar-refractivity contribution is -0.150. The largest absolute Gasteiger partial charge is 0.341 e. The Morgan fingerprint density at radius 2 is 1.53 bits per heavy atom. The van der Waals surface area contributed by atoms with Gasteiger partial charge in [-0.25, -0.2) is 0 Å². The maximum absolute atomic E-state index is 14.7. The third kappa shape index (κ3) is 9.75. The summed E-state index contributed by atoms with van der Waals surface area (Å²) in [6.45, 7) is 5.93. The fourth-order valence-electron chi connectivity index (χ4n) is 6.61. The Bertz CT molecular complexity index is 1540. The van der Waals surface area contributed by atoms with E-state index in [1.807, 2.05) is 78.6 Å². The van der Waals surface area contributed by atoms with Crippen molar-refractivity contribution < 1.29 is 14.4 Å². The van der Waals surface area contributed by atoms with E-state index in [-0.39, 0.29) is 23.8 Å². The van der Waals surface area contributed by atoms with Gasteiger partial charge in [-0.05, 0) is 75.0 Å². The summed E-state index contributed by atoms with van der Waals surface area (Å²) in [6.07, 6.45) is 5.13. The molecule has 0 spiro atoms. The molecule has 252 valence electrons. The minimum Gasteiger partial charge on any atom is -0.341 e. The van der Waals surface area contributed by atoms with Gasteiger partial charge in [0.15, 0.2) is 0 Å². The number of nitrogens with two attached hydrogens (primary N) is 1. The molecule has 3 aromatic rings. The normalized spacial score (nSPS) is 17.3. The van der Waals surface area contributed by atoms with E-state index < -0.39 is 12.1 Å². The molecule has 8 nitrogen and oxygen atoms in total. The van der Waals surface area contributed by atoms with Gasteiger partial charge in [-0.15, -0.1) is 0 Å². The summed E-state index contributed by atoms with van der Waals surface area (Å²) in [7, 11) is 7.53. The number of fused-ring (bicyclic) bond motifs is 1. The number of piperidine rings is 1. The fraction of sp³-hybridized carbons (Fsp3) is 0.462. The number of rotatable bonds is 13. The Hall–Kier alpha value is -4.01. The van der Waals surface area contributed by atoms with Gasteiger partial charge in [0.05, 0.1) is 0 Å². The van der Waals surface area contributed by atoms with Gasteiger partial charge in [0.1, 0.15) is 12.1 Å². The number of amides is 3. The average Bonchev–Trinajstić information content (AvgIpc) is 3.07. The molecule has 0 saturated carbocycles. The van der Waals surface area contributed by atoms with E-state index in [0.717, 1.165) is 41.3 Å². The van der Waals surface area contributed by atoms with Gasteiger partial charge < -0.3 is 25.3 Å². The van der Waals surface area contributed by atoms with E-state index in [0.29, 0.717) is 43.8 Å². The minimum atomic E-state index is -0.818. The number of likely N-dealkylation sites (N-methyl/N-ethyl adjacent to an activating group) is 2. The van der Waals surface area contributed by atoms with Crippen molar-refractivity contribution in [1.82, 2.24) is 19.6 Å². The second-order valence-corrected chi connectivity index (χ2v) is 13.6. The topological polar surface area (TPSA) is 90.2 Å². The minimum absolute atomic E-state index is 0.0420. The number of carbonyl (C=O) groups is 3. The van der Waals surface area contributed by atoms with Crippen molar-refractivity contribution in [2.24, 2.45) is 11.7 Å². The van der Waals surface area contributed by atoms with Crippen LogP contribution in [0, 0.1) is 5.92 Å². The number of benzene rings is 3. The molecule has 1 aliphatic rings. The van der Waals surface area contributed by atoms with Crippen LogP contribution in [0.25, 0.3) is 10.8 Å². The fourth-order valence-corrected chi connectivity index (χ4v) is 6.61. The van der Waals surface area contributed by atoms with E-state index in [1.165, 1.54) is 0 Å². The van der Waals surface area contributed by atoms with Gasteiger partial charge in [0.25, 0.3) is 0 Å². The number of likely N-dealkylation sites (tertiary alicyclic amines) is 1. The van der Waals surface area contributed by atoms with Crippen LogP contribution < -0.4 is 5.73 Å². The highest BCUT2D eigenvalue weighted by molar-refractivity contribution is 5.97. The predicted molar refractivity (Wildman–Crippen MR) is 191 cm³/mol. The summed E-state index contributed by atoms with van der Waals surface area (Å²) in [6, 6.07) is 22.5. The van der Waals surface area contributed by atoms with E-state index in [9.17, 15) is 14.4 Å². The van der Waals surface area contributed by atoms with Crippen LogP contribution in [0.1, 0.15) is 44.2 Å². The standard InChI is InChI=1S/C39H53N5O3/c1-28(18-19-29(2)40)37(45)42(5)35(25-31-20-21-33-16-10-11-17-34(33)23-31)38(46)43(6)36(24-30-13-8-7-9-14-30)39(47)44-22-12-15-32(27-44)26-41(3)4/h7-11,13-14,16-18,20-21,23,29,32,35-36H,12,15,19,22,24-27,40H2,1-6H3/b28-18+/t29?,32-,35+,36+/m0/s1. The zero-order chi connectivity index (χ0) is 34.1. The first-order valence-corrected chi connectivity index (χ1v) is 16.9. The molecule has 3 aromatic carbocycles. The third-order valence-corrected chi connectivity index (χ3v) is 9.28. The van der Waals surface area contributed by atoms with E-state index >= 15 is 0 Å². The highest BCUT2D eigenvalue weighted by atomic mass is 16.2. The number of nitrogens with zero attached hydrogens (tertiary/aromatic N) is 4. The maximum atomic E-state index is 14.7. The molecule has 0 aromatic heterocycles. The number of hydrogen-bond acceptors (Lipinski definition) is 5. The zero-order valence-electron chi connectivity index (χ0n) is 29.1. The van der Waals surface area contributed by atoms with Crippen molar-refractivity contribution in [2.45, 2.75) is 64.1 Å². The quantitative estimate of drug-likeness (QED) is 0.273. The molecule has 3 amide bonds. The van der Waals surface area contributed by atoms with Gasteiger partial charge in [-0.2, -0.15) is 0 Å². The van der Waals surface area contributed by atoms with Gasteiger partial charge >= 0.3 is 0 Å². The predicted octanol–water partition coefficient (Wildman–Crippen LogP) is 4.76. The van der Waals surface area contributed by atoms with Crippen LogP contribution in [0.3, 0.4) is 0 Å². The van der Waals surface area contributed by atoms with Crippen LogP contribution >= 0.6 is 0 Å². The van der Waals surface area contributed by atoms with E-state index in [1.54, 1.807) is 30.8 Å². The molecule has 1 heterocycles. The number of carbonyl (C=O) groups excluding carboxylic acids is 3. The SMILES string of the molecule is C/C(=C\CC(C)N)C(=O)N(C)[C@H](Cc1ccc2ccccc2c1)C(=O)N(C)[C@H](Cc1ccccc1)C(=O)N1CCC[C@@H](CN(C)C)C1. The summed E-state index contributed by atoms with van der Waals surface area (Å²) in [5, 5.41) is 2.18. The Morgan fingerprint density at radius 1 is 0.872 bits per heavy atom. The van der Waals surface area contributed by atoms with Crippen molar-refractivity contribution >= 4 is 28.5 Å². The lowest BCUT2D eigenvalue weighted by Crippen LogP contribution is -2.57. The lowest BCUT2D eigenvalue weighted by Gasteiger charge is -2.39. The molecule has 1 saturated heterocycles. The van der Waals surface area contributed by atoms with Crippen LogP contribution in [0.2, 0.25) is 0 Å². The molecule has 2 N–H and O–H groups in total. The first kappa shape index (κ1) is 35.8. The molecule has 47 heavy (non-hydrogen) atoms. The first-order valence-electron chi connectivity index (χ1n) is 16.9. The van der Waals surface area contributed by atoms with E-state index in [2.05, 4.69) is 31.1 Å². The molecule has 1 unspecified atom stereocenters. The second-order valence-electron chi connectivity index (χ2n) is 13.6. The monoisotopic (exact) mass is 639 g/mol. The Kier molecular flexibility index (Phi) is 12.7. The van der Waals surface area contributed by atoms with Crippen molar-refractivity contribution in [2.75, 3.05) is 47.8 Å². The van der Waals surface area contributed by atoms with Gasteiger partial charge in [-0.3, -0.25) is 14.4 Å². The van der Waals surface area contributed by atoms with E-state index in [4.69, 9.17) is 5.73 Å².